The first-order chi connectivity index (χ1) is 39.0. The van der Waals surface area contributed by atoms with E-state index in [1.54, 1.807) is 0 Å². The van der Waals surface area contributed by atoms with Gasteiger partial charge in [-0.1, -0.05) is 340 Å². The third-order valence-corrected chi connectivity index (χ3v) is 17.0. The molecule has 2 atom stereocenters. The van der Waals surface area contributed by atoms with Crippen LogP contribution < -0.4 is 5.32 Å². The summed E-state index contributed by atoms with van der Waals surface area (Å²) in [5.41, 5.74) is 0. The van der Waals surface area contributed by atoms with Gasteiger partial charge in [-0.15, -0.1) is 0 Å². The highest BCUT2D eigenvalue weighted by Gasteiger charge is 2.20. The SMILES string of the molecule is CCCCCC/C=C\CCCCCCCC(=O)OCCCCCCCCCCCCCC/C=C\CCCCCCCCCCC(=O)NC(CO)C(O)CCCCCCCCCCCCCCCCCCCCCCCCCCC. The topological polar surface area (TPSA) is 95.9 Å². The fraction of sp³-hybridized carbons (Fsp3) is 0.918. The summed E-state index contributed by atoms with van der Waals surface area (Å²) in [6.45, 7) is 4.97. The lowest BCUT2D eigenvalue weighted by molar-refractivity contribution is -0.143. The third-order valence-electron chi connectivity index (χ3n) is 17.0. The highest BCUT2D eigenvalue weighted by atomic mass is 16.5. The number of ether oxygens (including phenoxy) is 1. The van der Waals surface area contributed by atoms with Crippen LogP contribution in [-0.4, -0.2) is 47.4 Å². The summed E-state index contributed by atoms with van der Waals surface area (Å²) in [4.78, 5) is 24.6. The molecule has 0 aliphatic rings. The number of amides is 1. The molecule has 0 heterocycles. The molecule has 6 heteroatoms. The van der Waals surface area contributed by atoms with E-state index < -0.39 is 12.1 Å². The standard InChI is InChI=1S/C73H141NO5/c1-3-5-7-9-11-13-15-17-18-19-20-21-22-23-26-29-32-35-38-42-45-49-53-57-61-65-71(76)70(69-75)74-72(77)66-62-58-54-50-46-43-39-36-33-30-27-24-25-28-31-34-37-40-44-48-52-56-60-64-68-79-73(78)67-63-59-55-51-47-41-16-14-12-10-8-6-4-2/h14,16,27,30,70-71,75-76H,3-13,15,17-26,28-29,31-69H2,1-2H3,(H,74,77)/b16-14-,30-27-. The minimum absolute atomic E-state index is 0.00417. The van der Waals surface area contributed by atoms with Crippen molar-refractivity contribution in [2.45, 2.75) is 418 Å². The lowest BCUT2D eigenvalue weighted by Gasteiger charge is -2.22. The number of allylic oxidation sites excluding steroid dienone is 4. The monoisotopic (exact) mass is 1110 g/mol. The van der Waals surface area contributed by atoms with Crippen LogP contribution in [0.2, 0.25) is 0 Å². The lowest BCUT2D eigenvalue weighted by Crippen LogP contribution is -2.45. The van der Waals surface area contributed by atoms with Crippen molar-refractivity contribution in [1.82, 2.24) is 5.32 Å². The first kappa shape index (κ1) is 77.3. The summed E-state index contributed by atoms with van der Waals surface area (Å²) in [7, 11) is 0. The maximum Gasteiger partial charge on any atom is 0.305 e. The number of aliphatic hydroxyl groups excluding tert-OH is 2. The molecular formula is C73H141NO5. The molecule has 0 spiro atoms. The zero-order valence-electron chi connectivity index (χ0n) is 53.6. The van der Waals surface area contributed by atoms with Gasteiger partial charge in [-0.2, -0.15) is 0 Å². The molecule has 6 nitrogen and oxygen atoms in total. The number of hydrogen-bond acceptors (Lipinski definition) is 5. The van der Waals surface area contributed by atoms with Crippen molar-refractivity contribution >= 4 is 11.9 Å². The van der Waals surface area contributed by atoms with Gasteiger partial charge in [-0.05, 0) is 77.0 Å². The first-order valence-electron chi connectivity index (χ1n) is 36.1. The molecule has 0 aromatic rings. The number of carbonyl (C=O) groups excluding carboxylic acids is 2. The Hall–Kier alpha value is -1.66. The van der Waals surface area contributed by atoms with Crippen molar-refractivity contribution in [3.63, 3.8) is 0 Å². The van der Waals surface area contributed by atoms with E-state index in [4.69, 9.17) is 4.74 Å². The van der Waals surface area contributed by atoms with E-state index in [0.29, 0.717) is 25.9 Å². The van der Waals surface area contributed by atoms with E-state index in [1.165, 1.54) is 327 Å². The second-order valence-electron chi connectivity index (χ2n) is 24.9. The van der Waals surface area contributed by atoms with Gasteiger partial charge in [0.15, 0.2) is 0 Å². The van der Waals surface area contributed by atoms with E-state index in [9.17, 15) is 19.8 Å². The molecule has 1 amide bonds. The number of esters is 1. The molecule has 0 rings (SSSR count). The molecule has 0 aromatic heterocycles. The molecule has 0 fully saturated rings. The van der Waals surface area contributed by atoms with Crippen molar-refractivity contribution in [1.29, 1.82) is 0 Å². The first-order valence-corrected chi connectivity index (χ1v) is 36.1. The summed E-state index contributed by atoms with van der Waals surface area (Å²) >= 11 is 0. The molecule has 468 valence electrons. The molecule has 0 saturated carbocycles. The number of unbranched alkanes of at least 4 members (excludes halogenated alkanes) is 53. The maximum atomic E-state index is 12.6. The van der Waals surface area contributed by atoms with Gasteiger partial charge in [0, 0.05) is 12.8 Å². The summed E-state index contributed by atoms with van der Waals surface area (Å²) in [5, 5.41) is 23.5. The number of nitrogens with one attached hydrogen (secondary N) is 1. The zero-order chi connectivity index (χ0) is 57.1. The third kappa shape index (κ3) is 65.4. The quantitative estimate of drug-likeness (QED) is 0.0320. The number of rotatable bonds is 68. The Labute approximate surface area is 494 Å². The average Bonchev–Trinajstić information content (AvgIpc) is 3.45. The number of aliphatic hydroxyl groups is 2. The van der Waals surface area contributed by atoms with E-state index in [0.717, 1.165) is 44.9 Å². The minimum atomic E-state index is -0.669. The van der Waals surface area contributed by atoms with E-state index >= 15 is 0 Å². The van der Waals surface area contributed by atoms with Crippen LogP contribution in [0.5, 0.6) is 0 Å². The van der Waals surface area contributed by atoms with Gasteiger partial charge in [0.1, 0.15) is 0 Å². The predicted octanol–water partition coefficient (Wildman–Crippen LogP) is 23.3. The van der Waals surface area contributed by atoms with E-state index in [1.807, 2.05) is 0 Å². The van der Waals surface area contributed by atoms with Crippen LogP contribution in [0.25, 0.3) is 0 Å². The molecular weight excluding hydrogens is 971 g/mol. The molecule has 0 radical (unpaired) electrons. The number of hydrogen-bond donors (Lipinski definition) is 3. The Kier molecular flexibility index (Phi) is 67.4. The Morgan fingerprint density at radius 1 is 0.342 bits per heavy atom. The van der Waals surface area contributed by atoms with Crippen LogP contribution in [0.4, 0.5) is 0 Å². The Morgan fingerprint density at radius 3 is 0.911 bits per heavy atom. The van der Waals surface area contributed by atoms with Gasteiger partial charge in [-0.25, -0.2) is 0 Å². The molecule has 0 aromatic carbocycles. The van der Waals surface area contributed by atoms with Crippen molar-refractivity contribution in [3.05, 3.63) is 24.3 Å². The molecule has 0 saturated heterocycles. The summed E-state index contributed by atoms with van der Waals surface area (Å²) < 4.78 is 5.48. The van der Waals surface area contributed by atoms with E-state index in [-0.39, 0.29) is 18.5 Å². The van der Waals surface area contributed by atoms with Crippen LogP contribution in [0, 0.1) is 0 Å². The molecule has 79 heavy (non-hydrogen) atoms. The molecule has 0 aliphatic heterocycles. The molecule has 0 aliphatic carbocycles. The van der Waals surface area contributed by atoms with Gasteiger partial charge in [0.25, 0.3) is 0 Å². The summed E-state index contributed by atoms with van der Waals surface area (Å²) in [6, 6.07) is -0.546. The fourth-order valence-electron chi connectivity index (χ4n) is 11.5. The highest BCUT2D eigenvalue weighted by molar-refractivity contribution is 5.76. The van der Waals surface area contributed by atoms with Crippen molar-refractivity contribution in [2.24, 2.45) is 0 Å². The van der Waals surface area contributed by atoms with Crippen LogP contribution in [0.3, 0.4) is 0 Å². The highest BCUT2D eigenvalue weighted by Crippen LogP contribution is 2.19. The van der Waals surface area contributed by atoms with Crippen LogP contribution in [-0.2, 0) is 14.3 Å². The predicted molar refractivity (Wildman–Crippen MR) is 347 cm³/mol. The second kappa shape index (κ2) is 68.8. The van der Waals surface area contributed by atoms with E-state index in [2.05, 4.69) is 43.5 Å². The number of carbonyl (C=O) groups is 2. The van der Waals surface area contributed by atoms with Crippen LogP contribution >= 0.6 is 0 Å². The zero-order valence-corrected chi connectivity index (χ0v) is 53.6. The maximum absolute atomic E-state index is 12.6. The van der Waals surface area contributed by atoms with Crippen LogP contribution in [0.1, 0.15) is 406 Å². The van der Waals surface area contributed by atoms with Gasteiger partial charge in [0.2, 0.25) is 5.91 Å². The molecule has 3 N–H and O–H groups in total. The van der Waals surface area contributed by atoms with Crippen molar-refractivity contribution < 1.29 is 24.5 Å². The lowest BCUT2D eigenvalue weighted by atomic mass is 10.0. The van der Waals surface area contributed by atoms with Crippen molar-refractivity contribution in [3.8, 4) is 0 Å². The van der Waals surface area contributed by atoms with Gasteiger partial charge in [-0.3, -0.25) is 9.59 Å². The molecule has 0 bridgehead atoms. The Balaban J connectivity index is 3.40. The molecule has 2 unspecified atom stereocenters. The van der Waals surface area contributed by atoms with Gasteiger partial charge >= 0.3 is 5.97 Å². The van der Waals surface area contributed by atoms with Gasteiger partial charge in [0.05, 0.1) is 25.4 Å². The van der Waals surface area contributed by atoms with Crippen molar-refractivity contribution in [2.75, 3.05) is 13.2 Å². The smallest absolute Gasteiger partial charge is 0.305 e. The minimum Gasteiger partial charge on any atom is -0.466 e. The fourth-order valence-corrected chi connectivity index (χ4v) is 11.5. The summed E-state index contributed by atoms with van der Waals surface area (Å²) in [6.07, 6.45) is 86.6. The largest absolute Gasteiger partial charge is 0.466 e. The summed E-state index contributed by atoms with van der Waals surface area (Å²) in [5.74, 6) is -0.0305. The van der Waals surface area contributed by atoms with Gasteiger partial charge < -0.3 is 20.3 Å². The van der Waals surface area contributed by atoms with Crippen LogP contribution in [0.15, 0.2) is 24.3 Å². The second-order valence-corrected chi connectivity index (χ2v) is 24.9. The Morgan fingerprint density at radius 2 is 0.595 bits per heavy atom. The average molecular weight is 1110 g/mol. The normalized spacial score (nSPS) is 12.6. The Bertz CT molecular complexity index is 1230.